The van der Waals surface area contributed by atoms with Crippen molar-refractivity contribution in [2.24, 2.45) is 5.73 Å². The lowest BCUT2D eigenvalue weighted by Gasteiger charge is -2.08. The Kier molecular flexibility index (Phi) is 8.17. The highest BCUT2D eigenvalue weighted by molar-refractivity contribution is 9.10. The molecule has 4 rings (SSSR count). The second-order valence-corrected chi connectivity index (χ2v) is 11.8. The van der Waals surface area contributed by atoms with Crippen molar-refractivity contribution in [3.63, 3.8) is 0 Å². The van der Waals surface area contributed by atoms with Crippen LogP contribution in [0.5, 0.6) is 0 Å². The van der Waals surface area contributed by atoms with Crippen LogP contribution in [0.25, 0.3) is 16.7 Å². The number of aromatic nitrogens is 2. The van der Waals surface area contributed by atoms with Crippen molar-refractivity contribution in [1.29, 1.82) is 5.41 Å². The summed E-state index contributed by atoms with van der Waals surface area (Å²) < 4.78 is 61.7. The number of nitrogens with two attached hydrogens (primary N) is 1. The minimum absolute atomic E-state index is 0.148. The number of thioether (sulfide) groups is 1. The van der Waals surface area contributed by atoms with E-state index >= 15 is 0 Å². The Hall–Kier alpha value is -2.88. The van der Waals surface area contributed by atoms with Gasteiger partial charge in [-0.15, -0.1) is 23.1 Å². The summed E-state index contributed by atoms with van der Waals surface area (Å²) in [5.74, 6) is -2.90. The minimum atomic E-state index is -5.08. The van der Waals surface area contributed by atoms with Crippen LogP contribution in [0.15, 0.2) is 73.3 Å². The van der Waals surface area contributed by atoms with Gasteiger partial charge in [0.25, 0.3) is 0 Å². The average Bonchev–Trinajstić information content (AvgIpc) is 3.45. The number of halogens is 4. The Balaban J connectivity index is 0.000000454. The molecular formula is C21H16BrF3N4O4S3. The normalized spacial score (nSPS) is 11.7. The molecule has 2 aromatic carbocycles. The number of thiophene rings is 1. The molecule has 0 saturated carbocycles. The molecule has 2 heterocycles. The zero-order valence-electron chi connectivity index (χ0n) is 18.1. The van der Waals surface area contributed by atoms with E-state index in [1.54, 1.807) is 24.7 Å². The van der Waals surface area contributed by atoms with Crippen LogP contribution in [0.1, 0.15) is 4.88 Å². The van der Waals surface area contributed by atoms with Gasteiger partial charge in [-0.2, -0.15) is 13.2 Å². The van der Waals surface area contributed by atoms with E-state index in [1.807, 2.05) is 34.9 Å². The number of hydrogen-bond donors (Lipinski definition) is 3. The monoisotopic (exact) mass is 620 g/mol. The highest BCUT2D eigenvalue weighted by Crippen LogP contribution is 2.38. The molecule has 0 aliphatic heterocycles. The summed E-state index contributed by atoms with van der Waals surface area (Å²) in [5.41, 5.74) is 7.81. The largest absolute Gasteiger partial charge is 0.490 e. The molecule has 0 atom stereocenters. The lowest BCUT2D eigenvalue weighted by Crippen LogP contribution is -2.21. The predicted molar refractivity (Wildman–Crippen MR) is 135 cm³/mol. The van der Waals surface area contributed by atoms with E-state index in [9.17, 15) is 21.6 Å². The zero-order chi connectivity index (χ0) is 26.8. The Labute approximate surface area is 219 Å². The second kappa shape index (κ2) is 10.6. The summed E-state index contributed by atoms with van der Waals surface area (Å²) in [4.78, 5) is 14.1. The van der Waals surface area contributed by atoms with E-state index in [-0.39, 0.29) is 15.6 Å². The van der Waals surface area contributed by atoms with Crippen LogP contribution in [0.4, 0.5) is 13.2 Å². The number of fused-ring (bicyclic) bond motifs is 1. The molecule has 0 amide bonds. The topological polar surface area (TPSA) is 139 Å². The Morgan fingerprint density at radius 2 is 1.83 bits per heavy atom. The van der Waals surface area contributed by atoms with Crippen LogP contribution in [0.3, 0.4) is 0 Å². The van der Waals surface area contributed by atoms with Crippen molar-refractivity contribution in [3.05, 3.63) is 64.2 Å². The van der Waals surface area contributed by atoms with Gasteiger partial charge in [0.05, 0.1) is 24.4 Å². The number of imidazole rings is 1. The van der Waals surface area contributed by atoms with E-state index in [2.05, 4.69) is 20.9 Å². The molecule has 0 aliphatic rings. The van der Waals surface area contributed by atoms with Crippen molar-refractivity contribution in [3.8, 4) is 5.69 Å². The van der Waals surface area contributed by atoms with Crippen LogP contribution in [0, 0.1) is 5.41 Å². The van der Waals surface area contributed by atoms with Gasteiger partial charge >= 0.3 is 12.1 Å². The molecule has 15 heteroatoms. The van der Waals surface area contributed by atoms with Crippen molar-refractivity contribution < 1.29 is 31.5 Å². The third-order valence-electron chi connectivity index (χ3n) is 4.57. The Bertz CT molecular complexity index is 1550. The first-order chi connectivity index (χ1) is 16.8. The number of sulfone groups is 1. The van der Waals surface area contributed by atoms with E-state index < -0.39 is 22.0 Å². The molecule has 36 heavy (non-hydrogen) atoms. The number of carboxylic acids is 1. The fourth-order valence-corrected chi connectivity index (χ4v) is 7.55. The predicted octanol–water partition coefficient (Wildman–Crippen LogP) is 5.32. The smallest absolute Gasteiger partial charge is 0.475 e. The van der Waals surface area contributed by atoms with Gasteiger partial charge in [-0.25, -0.2) is 18.2 Å². The Morgan fingerprint density at radius 1 is 1.22 bits per heavy atom. The molecule has 0 fully saturated rings. The standard InChI is InChI=1S/C19H15BrN4O2S3.C2HF3O2/c1-27-19-16(9-15(28-19)18(21)22)29(25,26)12-7-13(20)17-14(8-12)24(10-23-17)11-5-3-2-4-6-11;3-2(4,5)1(6)7/h2-10H,1H3,(H3,21,22);(H,6,7). The summed E-state index contributed by atoms with van der Waals surface area (Å²) in [5, 5.41) is 14.8. The van der Waals surface area contributed by atoms with Crippen molar-refractivity contribution in [2.45, 2.75) is 20.2 Å². The minimum Gasteiger partial charge on any atom is -0.475 e. The third-order valence-corrected chi connectivity index (χ3v) is 9.50. The number of para-hydroxylation sites is 1. The van der Waals surface area contributed by atoms with Crippen LogP contribution < -0.4 is 5.73 Å². The number of benzene rings is 2. The van der Waals surface area contributed by atoms with Crippen molar-refractivity contribution in [2.75, 3.05) is 6.26 Å². The fourth-order valence-electron chi connectivity index (χ4n) is 2.95. The van der Waals surface area contributed by atoms with Crippen LogP contribution in [-0.2, 0) is 14.6 Å². The first kappa shape index (κ1) is 27.7. The summed E-state index contributed by atoms with van der Waals surface area (Å²) in [6.45, 7) is 0. The van der Waals surface area contributed by atoms with Gasteiger partial charge < -0.3 is 10.8 Å². The maximum absolute atomic E-state index is 13.4. The number of rotatable bonds is 5. The number of nitrogens with one attached hydrogen (secondary N) is 1. The molecule has 0 spiro atoms. The molecule has 0 radical (unpaired) electrons. The number of nitrogen functional groups attached to an aromatic ring is 1. The zero-order valence-corrected chi connectivity index (χ0v) is 22.1. The first-order valence-electron chi connectivity index (χ1n) is 9.56. The molecule has 2 aromatic heterocycles. The van der Waals surface area contributed by atoms with Gasteiger partial charge in [0, 0.05) is 10.2 Å². The summed E-state index contributed by atoms with van der Waals surface area (Å²) in [6, 6.07) is 14.3. The number of carboxylic acid groups (broad SMARTS) is 1. The maximum atomic E-state index is 13.4. The number of alkyl halides is 3. The number of amidine groups is 1. The summed E-state index contributed by atoms with van der Waals surface area (Å²) in [6.07, 6.45) is -1.61. The first-order valence-corrected chi connectivity index (χ1v) is 13.9. The van der Waals surface area contributed by atoms with E-state index in [1.165, 1.54) is 29.2 Å². The molecular weight excluding hydrogens is 605 g/mol. The second-order valence-electron chi connectivity index (χ2n) is 6.91. The van der Waals surface area contributed by atoms with Gasteiger partial charge in [0.1, 0.15) is 17.7 Å². The SMILES string of the molecule is CSc1sc(C(=N)N)cc1S(=O)(=O)c1cc(Br)c2ncn(-c3ccccc3)c2c1.O=C(O)C(F)(F)F. The van der Waals surface area contributed by atoms with E-state index in [4.69, 9.17) is 21.0 Å². The van der Waals surface area contributed by atoms with Crippen LogP contribution in [-0.4, -0.2) is 47.3 Å². The molecule has 8 nitrogen and oxygen atoms in total. The number of hydrogen-bond acceptors (Lipinski definition) is 7. The van der Waals surface area contributed by atoms with Gasteiger partial charge in [0.2, 0.25) is 9.84 Å². The van der Waals surface area contributed by atoms with Crippen molar-refractivity contribution in [1.82, 2.24) is 9.55 Å². The molecule has 4 N–H and O–H groups in total. The number of aliphatic carboxylic acids is 1. The highest BCUT2D eigenvalue weighted by atomic mass is 79.9. The number of carbonyl (C=O) groups is 1. The quantitative estimate of drug-likeness (QED) is 0.156. The van der Waals surface area contributed by atoms with Crippen LogP contribution >= 0.6 is 39.0 Å². The molecule has 0 unspecified atom stereocenters. The molecule has 0 aliphatic carbocycles. The van der Waals surface area contributed by atoms with Crippen LogP contribution in [0.2, 0.25) is 0 Å². The number of nitrogens with zero attached hydrogens (tertiary/aromatic N) is 2. The third kappa shape index (κ3) is 5.74. The van der Waals surface area contributed by atoms with E-state index in [0.29, 0.717) is 24.6 Å². The maximum Gasteiger partial charge on any atom is 0.490 e. The lowest BCUT2D eigenvalue weighted by atomic mass is 10.3. The Morgan fingerprint density at radius 3 is 2.36 bits per heavy atom. The average molecular weight is 621 g/mol. The lowest BCUT2D eigenvalue weighted by molar-refractivity contribution is -0.192. The molecule has 4 aromatic rings. The van der Waals surface area contributed by atoms with E-state index in [0.717, 1.165) is 5.69 Å². The summed E-state index contributed by atoms with van der Waals surface area (Å²) in [7, 11) is -3.82. The molecule has 0 bridgehead atoms. The molecule has 190 valence electrons. The van der Waals surface area contributed by atoms with Gasteiger partial charge in [-0.3, -0.25) is 9.98 Å². The van der Waals surface area contributed by atoms with Gasteiger partial charge in [0.15, 0.2) is 0 Å². The fraction of sp³-hybridized carbons (Fsp3) is 0.0952. The van der Waals surface area contributed by atoms with Crippen molar-refractivity contribution >= 4 is 71.7 Å². The van der Waals surface area contributed by atoms with Gasteiger partial charge in [-0.1, -0.05) is 18.2 Å². The summed E-state index contributed by atoms with van der Waals surface area (Å²) >= 11 is 5.99. The highest BCUT2D eigenvalue weighted by Gasteiger charge is 2.38. The van der Waals surface area contributed by atoms with Gasteiger partial charge in [-0.05, 0) is 52.5 Å². The molecule has 0 saturated heterocycles.